The van der Waals surface area contributed by atoms with Crippen molar-refractivity contribution in [2.45, 2.75) is 25.6 Å². The molecule has 0 aliphatic carbocycles. The van der Waals surface area contributed by atoms with Crippen molar-refractivity contribution in [1.29, 1.82) is 0 Å². The lowest BCUT2D eigenvalue weighted by molar-refractivity contribution is 0.903. The summed E-state index contributed by atoms with van der Waals surface area (Å²) in [7, 11) is 0. The average Bonchev–Trinajstić information content (AvgIpc) is 2.34. The number of hydrogen-bond donors (Lipinski definition) is 0. The van der Waals surface area contributed by atoms with E-state index in [-0.39, 0.29) is 5.38 Å². The second kappa shape index (κ2) is 6.07. The standard InChI is InChI=1S/C16H16ClI/c1-11-7-8-12(2)13(9-11)10-15(17)14-5-3-4-6-16(14)18/h3-9,15H,10H2,1-2H3. The fourth-order valence-electron chi connectivity index (χ4n) is 2.05. The van der Waals surface area contributed by atoms with Gasteiger partial charge in [-0.05, 0) is 65.6 Å². The van der Waals surface area contributed by atoms with E-state index in [4.69, 9.17) is 11.6 Å². The van der Waals surface area contributed by atoms with Crippen LogP contribution in [0.3, 0.4) is 0 Å². The normalized spacial score (nSPS) is 12.4. The largest absolute Gasteiger partial charge is 0.117 e. The lowest BCUT2D eigenvalue weighted by Crippen LogP contribution is -2.00. The first-order chi connectivity index (χ1) is 8.58. The fraction of sp³-hybridized carbons (Fsp3) is 0.250. The number of halogens is 2. The number of alkyl halides is 1. The van der Waals surface area contributed by atoms with Crippen molar-refractivity contribution in [2.24, 2.45) is 0 Å². The molecule has 0 spiro atoms. The number of aryl methyl sites for hydroxylation is 2. The summed E-state index contributed by atoms with van der Waals surface area (Å²) < 4.78 is 1.24. The van der Waals surface area contributed by atoms with Gasteiger partial charge in [-0.3, -0.25) is 0 Å². The Bertz CT molecular complexity index is 549. The van der Waals surface area contributed by atoms with Crippen molar-refractivity contribution in [3.8, 4) is 0 Å². The highest BCUT2D eigenvalue weighted by atomic mass is 127. The topological polar surface area (TPSA) is 0 Å². The molecule has 0 aliphatic rings. The van der Waals surface area contributed by atoms with Crippen LogP contribution in [0.4, 0.5) is 0 Å². The van der Waals surface area contributed by atoms with E-state index in [2.05, 4.69) is 72.8 Å². The summed E-state index contributed by atoms with van der Waals surface area (Å²) in [6.45, 7) is 4.27. The molecule has 2 aromatic carbocycles. The zero-order chi connectivity index (χ0) is 13.1. The van der Waals surface area contributed by atoms with Crippen LogP contribution in [-0.4, -0.2) is 0 Å². The zero-order valence-corrected chi connectivity index (χ0v) is 13.5. The lowest BCUT2D eigenvalue weighted by Gasteiger charge is -2.14. The predicted molar refractivity (Wildman–Crippen MR) is 87.4 cm³/mol. The van der Waals surface area contributed by atoms with Gasteiger partial charge < -0.3 is 0 Å². The molecular formula is C16H16ClI. The van der Waals surface area contributed by atoms with Crippen LogP contribution < -0.4 is 0 Å². The van der Waals surface area contributed by atoms with Crippen molar-refractivity contribution >= 4 is 34.2 Å². The summed E-state index contributed by atoms with van der Waals surface area (Å²) in [5.41, 5.74) is 5.18. The lowest BCUT2D eigenvalue weighted by atomic mass is 9.98. The highest BCUT2D eigenvalue weighted by Gasteiger charge is 2.13. The number of hydrogen-bond acceptors (Lipinski definition) is 0. The number of rotatable bonds is 3. The first kappa shape index (κ1) is 13.9. The summed E-state index contributed by atoms with van der Waals surface area (Å²) in [4.78, 5) is 0. The number of benzene rings is 2. The van der Waals surface area contributed by atoms with Gasteiger partial charge in [0.05, 0.1) is 5.38 Å². The predicted octanol–water partition coefficient (Wildman–Crippen LogP) is 5.43. The van der Waals surface area contributed by atoms with E-state index < -0.39 is 0 Å². The summed E-state index contributed by atoms with van der Waals surface area (Å²) >= 11 is 8.91. The van der Waals surface area contributed by atoms with E-state index >= 15 is 0 Å². The molecule has 2 rings (SSSR count). The van der Waals surface area contributed by atoms with Gasteiger partial charge in [-0.15, -0.1) is 11.6 Å². The Morgan fingerprint density at radius 2 is 1.83 bits per heavy atom. The first-order valence-electron chi connectivity index (χ1n) is 6.02. The van der Waals surface area contributed by atoms with E-state index in [1.54, 1.807) is 0 Å². The van der Waals surface area contributed by atoms with Crippen LogP contribution in [-0.2, 0) is 6.42 Å². The van der Waals surface area contributed by atoms with Crippen LogP contribution in [0.15, 0.2) is 42.5 Å². The van der Waals surface area contributed by atoms with E-state index in [9.17, 15) is 0 Å². The van der Waals surface area contributed by atoms with Gasteiger partial charge in [0.1, 0.15) is 0 Å². The van der Waals surface area contributed by atoms with Crippen molar-refractivity contribution in [1.82, 2.24) is 0 Å². The molecule has 2 aromatic rings. The van der Waals surface area contributed by atoms with Crippen LogP contribution in [0, 0.1) is 17.4 Å². The van der Waals surface area contributed by atoms with Crippen LogP contribution in [0.1, 0.15) is 27.6 Å². The smallest absolute Gasteiger partial charge is 0.0636 e. The molecule has 0 fully saturated rings. The minimum atomic E-state index is 0.0404. The monoisotopic (exact) mass is 370 g/mol. The third-order valence-corrected chi connectivity index (χ3v) is 4.52. The third kappa shape index (κ3) is 3.27. The maximum Gasteiger partial charge on any atom is 0.0636 e. The molecular weight excluding hydrogens is 355 g/mol. The Morgan fingerprint density at radius 3 is 2.56 bits per heavy atom. The van der Waals surface area contributed by atoms with Crippen molar-refractivity contribution < 1.29 is 0 Å². The molecule has 0 aliphatic heterocycles. The van der Waals surface area contributed by atoms with E-state index in [0.29, 0.717) is 0 Å². The zero-order valence-electron chi connectivity index (χ0n) is 10.6. The van der Waals surface area contributed by atoms with Crippen LogP contribution >= 0.6 is 34.2 Å². The van der Waals surface area contributed by atoms with Gasteiger partial charge >= 0.3 is 0 Å². The van der Waals surface area contributed by atoms with Gasteiger partial charge in [-0.25, -0.2) is 0 Å². The van der Waals surface area contributed by atoms with Crippen LogP contribution in [0.25, 0.3) is 0 Å². The summed E-state index contributed by atoms with van der Waals surface area (Å²) in [6, 6.07) is 14.9. The van der Waals surface area contributed by atoms with E-state index in [0.717, 1.165) is 6.42 Å². The fourth-order valence-corrected chi connectivity index (χ4v) is 3.36. The molecule has 1 atom stereocenters. The van der Waals surface area contributed by atoms with E-state index in [1.165, 1.54) is 25.8 Å². The Hall–Kier alpha value is -0.540. The summed E-state index contributed by atoms with van der Waals surface area (Å²) in [6.07, 6.45) is 0.884. The van der Waals surface area contributed by atoms with Crippen LogP contribution in [0.5, 0.6) is 0 Å². The summed E-state index contributed by atoms with van der Waals surface area (Å²) in [5.74, 6) is 0. The second-order valence-electron chi connectivity index (χ2n) is 4.62. The molecule has 0 saturated carbocycles. The Kier molecular flexibility index (Phi) is 4.68. The van der Waals surface area contributed by atoms with Gasteiger partial charge in [0.15, 0.2) is 0 Å². The molecule has 0 saturated heterocycles. The molecule has 0 nitrogen and oxygen atoms in total. The quantitative estimate of drug-likeness (QED) is 0.499. The van der Waals surface area contributed by atoms with Gasteiger partial charge in [-0.1, -0.05) is 42.0 Å². The minimum Gasteiger partial charge on any atom is -0.117 e. The van der Waals surface area contributed by atoms with Gasteiger partial charge in [0, 0.05) is 3.57 Å². The average molecular weight is 371 g/mol. The molecule has 0 amide bonds. The van der Waals surface area contributed by atoms with Crippen molar-refractivity contribution in [2.75, 3.05) is 0 Å². The van der Waals surface area contributed by atoms with Crippen molar-refractivity contribution in [3.63, 3.8) is 0 Å². The highest BCUT2D eigenvalue weighted by Crippen LogP contribution is 2.29. The molecule has 2 heteroatoms. The summed E-state index contributed by atoms with van der Waals surface area (Å²) in [5, 5.41) is 0.0404. The molecule has 0 aromatic heterocycles. The molecule has 1 unspecified atom stereocenters. The molecule has 0 bridgehead atoms. The Balaban J connectivity index is 2.24. The first-order valence-corrected chi connectivity index (χ1v) is 7.54. The SMILES string of the molecule is Cc1ccc(C)c(CC(Cl)c2ccccc2I)c1. The maximum atomic E-state index is 6.57. The Morgan fingerprint density at radius 1 is 1.11 bits per heavy atom. The maximum absolute atomic E-state index is 6.57. The molecule has 0 heterocycles. The molecule has 18 heavy (non-hydrogen) atoms. The minimum absolute atomic E-state index is 0.0404. The molecule has 0 N–H and O–H groups in total. The Labute approximate surface area is 128 Å². The van der Waals surface area contributed by atoms with Gasteiger partial charge in [0.2, 0.25) is 0 Å². The molecule has 94 valence electrons. The van der Waals surface area contributed by atoms with Gasteiger partial charge in [-0.2, -0.15) is 0 Å². The van der Waals surface area contributed by atoms with E-state index in [1.807, 2.05) is 6.07 Å². The molecule has 0 radical (unpaired) electrons. The van der Waals surface area contributed by atoms with Crippen molar-refractivity contribution in [3.05, 3.63) is 68.3 Å². The van der Waals surface area contributed by atoms with Crippen LogP contribution in [0.2, 0.25) is 0 Å². The second-order valence-corrected chi connectivity index (χ2v) is 6.31. The third-order valence-electron chi connectivity index (χ3n) is 3.15. The highest BCUT2D eigenvalue weighted by molar-refractivity contribution is 14.1. The van der Waals surface area contributed by atoms with Gasteiger partial charge in [0.25, 0.3) is 0 Å².